The van der Waals surface area contributed by atoms with Crippen LogP contribution in [0.2, 0.25) is 0 Å². The van der Waals surface area contributed by atoms with Crippen LogP contribution < -0.4 is 0 Å². The van der Waals surface area contributed by atoms with Crippen molar-refractivity contribution in [2.45, 2.75) is 24.3 Å². The minimum Gasteiger partial charge on any atom is -0.459 e. The van der Waals surface area contributed by atoms with E-state index >= 15 is 0 Å². The number of halogens is 1. The molecule has 2 aliphatic heterocycles. The zero-order valence-electron chi connectivity index (χ0n) is 17.3. The van der Waals surface area contributed by atoms with Gasteiger partial charge < -0.3 is 18.8 Å². The second-order valence-electron chi connectivity index (χ2n) is 8.16. The molecule has 162 valence electrons. The van der Waals surface area contributed by atoms with Crippen LogP contribution in [0.1, 0.15) is 18.6 Å². The van der Waals surface area contributed by atoms with Crippen molar-refractivity contribution in [2.24, 2.45) is 7.05 Å². The maximum Gasteiger partial charge on any atom is 0.237 e. The summed E-state index contributed by atoms with van der Waals surface area (Å²) in [5.74, 6) is 2.15. The van der Waals surface area contributed by atoms with Gasteiger partial charge >= 0.3 is 0 Å². The average Bonchev–Trinajstić information content (AvgIpc) is 3.49. The summed E-state index contributed by atoms with van der Waals surface area (Å²) in [4.78, 5) is 28.1. The number of thioether (sulfide) groups is 1. The molecule has 2 saturated heterocycles. The van der Waals surface area contributed by atoms with Crippen molar-refractivity contribution < 1.29 is 14.0 Å². The van der Waals surface area contributed by atoms with Gasteiger partial charge in [0.05, 0.1) is 17.2 Å². The number of fused-ring (bicyclic) bond motifs is 1. The highest BCUT2D eigenvalue weighted by molar-refractivity contribution is 8.01. The summed E-state index contributed by atoms with van der Waals surface area (Å²) in [6.07, 6.45) is 3.55. The molecule has 31 heavy (non-hydrogen) atoms. The highest BCUT2D eigenvalue weighted by Gasteiger charge is 2.48. The zero-order valence-corrected chi connectivity index (χ0v) is 18.9. The number of hydrogen-bond acceptors (Lipinski definition) is 4. The van der Waals surface area contributed by atoms with Crippen LogP contribution in [-0.4, -0.2) is 55.8 Å². The van der Waals surface area contributed by atoms with Crippen LogP contribution in [0.25, 0.3) is 22.2 Å². The summed E-state index contributed by atoms with van der Waals surface area (Å²) in [6, 6.07) is 12.2. The molecule has 4 heterocycles. The van der Waals surface area contributed by atoms with Crippen molar-refractivity contribution in [3.05, 3.63) is 48.4 Å². The van der Waals surface area contributed by atoms with Crippen molar-refractivity contribution in [3.8, 4) is 11.3 Å². The Morgan fingerprint density at radius 2 is 2.00 bits per heavy atom. The molecule has 0 bridgehead atoms. The highest BCUT2D eigenvalue weighted by Crippen LogP contribution is 2.45. The summed E-state index contributed by atoms with van der Waals surface area (Å²) < 4.78 is 8.30. The number of aromatic nitrogens is 1. The van der Waals surface area contributed by atoms with Gasteiger partial charge in [-0.25, -0.2) is 0 Å². The number of furan rings is 1. The van der Waals surface area contributed by atoms with Gasteiger partial charge in [0, 0.05) is 42.8 Å². The fraction of sp³-hybridized carbons (Fsp3) is 0.391. The third-order valence-electron chi connectivity index (χ3n) is 6.44. The zero-order chi connectivity index (χ0) is 21.6. The van der Waals surface area contributed by atoms with E-state index in [1.807, 2.05) is 36.3 Å². The van der Waals surface area contributed by atoms with Gasteiger partial charge in [0.15, 0.2) is 0 Å². The first kappa shape index (κ1) is 20.5. The molecule has 5 rings (SSSR count). The molecule has 2 aliphatic rings. The monoisotopic (exact) mass is 457 g/mol. The molecule has 0 N–H and O–H groups in total. The topological polar surface area (TPSA) is 58.7 Å². The first-order valence-corrected chi connectivity index (χ1v) is 11.9. The SMILES string of the molecule is Cn1ccc2c(-c3ccc(CN4C(=O)CSC45CCN(C(=O)CCl)CC5)o3)cccc21. The van der Waals surface area contributed by atoms with Crippen LogP contribution in [0, 0.1) is 0 Å². The number of carbonyl (C=O) groups is 2. The largest absolute Gasteiger partial charge is 0.459 e. The Labute approximate surface area is 190 Å². The fourth-order valence-corrected chi connectivity index (χ4v) is 6.21. The molecule has 2 fully saturated rings. The fourth-order valence-electron chi connectivity index (χ4n) is 4.70. The Hall–Kier alpha value is -2.38. The van der Waals surface area contributed by atoms with Crippen LogP contribution >= 0.6 is 23.4 Å². The standard InChI is InChI=1S/C23H24ClN3O3S/c1-25-10-7-17-18(3-2-4-19(17)25)20-6-5-16(30-20)14-27-22(29)15-31-23(27)8-11-26(12-9-23)21(28)13-24/h2-7,10H,8-9,11-15H2,1H3. The van der Waals surface area contributed by atoms with Gasteiger partial charge in [0.2, 0.25) is 11.8 Å². The van der Waals surface area contributed by atoms with Crippen LogP contribution in [0.3, 0.4) is 0 Å². The van der Waals surface area contributed by atoms with Crippen LogP contribution in [-0.2, 0) is 23.2 Å². The first-order valence-electron chi connectivity index (χ1n) is 10.4. The second-order valence-corrected chi connectivity index (χ2v) is 9.76. The molecular formula is C23H24ClN3O3S. The lowest BCUT2D eigenvalue weighted by Gasteiger charge is -2.43. The Balaban J connectivity index is 1.37. The maximum absolute atomic E-state index is 12.7. The van der Waals surface area contributed by atoms with Gasteiger partial charge in [0.1, 0.15) is 17.4 Å². The number of rotatable bonds is 4. The van der Waals surface area contributed by atoms with E-state index < -0.39 is 0 Å². The van der Waals surface area contributed by atoms with Gasteiger partial charge in [-0.3, -0.25) is 9.59 Å². The lowest BCUT2D eigenvalue weighted by atomic mass is 10.0. The van der Waals surface area contributed by atoms with E-state index in [4.69, 9.17) is 16.0 Å². The number of carbonyl (C=O) groups excluding carboxylic acids is 2. The summed E-state index contributed by atoms with van der Waals surface area (Å²) in [5, 5.41) is 1.14. The lowest BCUT2D eigenvalue weighted by Crippen LogP contribution is -2.52. The smallest absolute Gasteiger partial charge is 0.237 e. The number of aryl methyl sites for hydroxylation is 1. The number of amides is 2. The summed E-state index contributed by atoms with van der Waals surface area (Å²) in [7, 11) is 2.03. The molecule has 0 saturated carbocycles. The highest BCUT2D eigenvalue weighted by atomic mass is 35.5. The molecule has 0 radical (unpaired) electrons. The molecular weight excluding hydrogens is 434 g/mol. The number of likely N-dealkylation sites (tertiary alicyclic amines) is 1. The third-order valence-corrected chi connectivity index (χ3v) is 8.22. The Bertz CT molecular complexity index is 1150. The lowest BCUT2D eigenvalue weighted by molar-refractivity contribution is -0.134. The van der Waals surface area contributed by atoms with E-state index in [0.717, 1.165) is 40.8 Å². The Morgan fingerprint density at radius 3 is 2.77 bits per heavy atom. The summed E-state index contributed by atoms with van der Waals surface area (Å²) in [5.41, 5.74) is 2.20. The van der Waals surface area contributed by atoms with Crippen molar-refractivity contribution in [1.82, 2.24) is 14.4 Å². The molecule has 0 aliphatic carbocycles. The third kappa shape index (κ3) is 3.53. The van der Waals surface area contributed by atoms with E-state index in [1.165, 1.54) is 0 Å². The van der Waals surface area contributed by atoms with E-state index in [0.29, 0.717) is 25.4 Å². The van der Waals surface area contributed by atoms with E-state index in [1.54, 1.807) is 16.7 Å². The molecule has 3 aromatic rings. The number of piperidine rings is 1. The van der Waals surface area contributed by atoms with E-state index in [2.05, 4.69) is 22.8 Å². The predicted octanol–water partition coefficient (Wildman–Crippen LogP) is 4.07. The van der Waals surface area contributed by atoms with Gasteiger partial charge in [-0.1, -0.05) is 12.1 Å². The first-order chi connectivity index (χ1) is 15.0. The van der Waals surface area contributed by atoms with Crippen LogP contribution in [0.15, 0.2) is 47.0 Å². The quantitative estimate of drug-likeness (QED) is 0.554. The minimum absolute atomic E-state index is 0.00608. The number of benzene rings is 1. The Morgan fingerprint density at radius 1 is 1.19 bits per heavy atom. The van der Waals surface area contributed by atoms with Crippen molar-refractivity contribution >= 4 is 46.1 Å². The van der Waals surface area contributed by atoms with Gasteiger partial charge in [-0.15, -0.1) is 23.4 Å². The number of hydrogen-bond donors (Lipinski definition) is 0. The van der Waals surface area contributed by atoms with Crippen LogP contribution in [0.5, 0.6) is 0 Å². The molecule has 1 spiro atoms. The van der Waals surface area contributed by atoms with Gasteiger partial charge in [-0.05, 0) is 37.1 Å². The minimum atomic E-state index is -0.271. The average molecular weight is 458 g/mol. The maximum atomic E-state index is 12.7. The molecule has 0 unspecified atom stereocenters. The Kier molecular flexibility index (Phi) is 5.26. The second kappa shape index (κ2) is 7.95. The van der Waals surface area contributed by atoms with E-state index in [9.17, 15) is 9.59 Å². The van der Waals surface area contributed by atoms with Gasteiger partial charge in [0.25, 0.3) is 0 Å². The van der Waals surface area contributed by atoms with E-state index in [-0.39, 0.29) is 22.6 Å². The predicted molar refractivity (Wildman–Crippen MR) is 123 cm³/mol. The van der Waals surface area contributed by atoms with Crippen molar-refractivity contribution in [3.63, 3.8) is 0 Å². The molecule has 0 atom stereocenters. The van der Waals surface area contributed by atoms with Crippen molar-refractivity contribution in [2.75, 3.05) is 24.7 Å². The normalized spacial score (nSPS) is 18.5. The number of nitrogens with zero attached hydrogens (tertiary/aromatic N) is 3. The number of alkyl halides is 1. The molecule has 1 aromatic carbocycles. The van der Waals surface area contributed by atoms with Crippen LogP contribution in [0.4, 0.5) is 0 Å². The molecule has 8 heteroatoms. The summed E-state index contributed by atoms with van der Waals surface area (Å²) >= 11 is 7.40. The van der Waals surface area contributed by atoms with Gasteiger partial charge in [-0.2, -0.15) is 0 Å². The molecule has 2 aromatic heterocycles. The summed E-state index contributed by atoms with van der Waals surface area (Å²) in [6.45, 7) is 1.70. The van der Waals surface area contributed by atoms with Crippen molar-refractivity contribution in [1.29, 1.82) is 0 Å². The molecule has 6 nitrogen and oxygen atoms in total. The molecule has 2 amide bonds.